The van der Waals surface area contributed by atoms with Crippen LogP contribution < -0.4 is 5.73 Å². The van der Waals surface area contributed by atoms with Crippen LogP contribution in [0.3, 0.4) is 0 Å². The van der Waals surface area contributed by atoms with E-state index in [9.17, 15) is 4.79 Å². The molecule has 1 aliphatic rings. The van der Waals surface area contributed by atoms with Gasteiger partial charge in [-0.1, -0.05) is 25.1 Å². The van der Waals surface area contributed by atoms with Crippen LogP contribution in [0.15, 0.2) is 35.9 Å². The first-order chi connectivity index (χ1) is 10.1. The van der Waals surface area contributed by atoms with Gasteiger partial charge in [0, 0.05) is 32.3 Å². The lowest BCUT2D eigenvalue weighted by Crippen LogP contribution is -2.35. The van der Waals surface area contributed by atoms with Crippen molar-refractivity contribution in [3.63, 3.8) is 0 Å². The zero-order valence-corrected chi connectivity index (χ0v) is 12.8. The van der Waals surface area contributed by atoms with Gasteiger partial charge in [0.05, 0.1) is 6.61 Å². The van der Waals surface area contributed by atoms with Crippen LogP contribution in [-0.4, -0.2) is 37.6 Å². The highest BCUT2D eigenvalue weighted by atomic mass is 16.5. The lowest BCUT2D eigenvalue weighted by atomic mass is 9.96. The second-order valence-corrected chi connectivity index (χ2v) is 5.66. The number of hydrogen-bond donors (Lipinski definition) is 1. The van der Waals surface area contributed by atoms with E-state index in [0.29, 0.717) is 19.6 Å². The van der Waals surface area contributed by atoms with E-state index in [-0.39, 0.29) is 11.8 Å². The minimum absolute atomic E-state index is 0.211. The molecule has 0 aliphatic carbocycles. The van der Waals surface area contributed by atoms with Crippen molar-refractivity contribution in [3.8, 4) is 0 Å². The summed E-state index contributed by atoms with van der Waals surface area (Å²) in [6.07, 6.45) is 3.56. The van der Waals surface area contributed by atoms with Crippen molar-refractivity contribution in [3.05, 3.63) is 41.5 Å². The van der Waals surface area contributed by atoms with Gasteiger partial charge < -0.3 is 15.4 Å². The summed E-state index contributed by atoms with van der Waals surface area (Å²) < 4.78 is 5.13. The van der Waals surface area contributed by atoms with Gasteiger partial charge in [-0.15, -0.1) is 0 Å². The number of amides is 1. The lowest BCUT2D eigenvalue weighted by Gasteiger charge is -2.27. The number of hydrogen-bond acceptors (Lipinski definition) is 3. The number of methoxy groups -OCH3 is 1. The molecule has 2 N–H and O–H groups in total. The summed E-state index contributed by atoms with van der Waals surface area (Å²) in [5.74, 6) is 0.425. The SMILES string of the molecule is COCC1=CCN(C(=O)CC(C)c2ccc(N)cc2)CC1. The van der Waals surface area contributed by atoms with Gasteiger partial charge >= 0.3 is 0 Å². The molecule has 0 saturated heterocycles. The first kappa shape index (κ1) is 15.6. The third kappa shape index (κ3) is 4.33. The van der Waals surface area contributed by atoms with E-state index in [1.54, 1.807) is 7.11 Å². The Morgan fingerprint density at radius 1 is 1.38 bits per heavy atom. The Bertz CT molecular complexity index is 508. The summed E-state index contributed by atoms with van der Waals surface area (Å²) in [5.41, 5.74) is 8.89. The van der Waals surface area contributed by atoms with Crippen LogP contribution >= 0.6 is 0 Å². The van der Waals surface area contributed by atoms with E-state index >= 15 is 0 Å². The molecule has 1 aromatic carbocycles. The lowest BCUT2D eigenvalue weighted by molar-refractivity contribution is -0.131. The molecule has 4 nitrogen and oxygen atoms in total. The normalized spacial score (nSPS) is 16.5. The number of carbonyl (C=O) groups excluding carboxylic acids is 1. The van der Waals surface area contributed by atoms with Crippen molar-refractivity contribution in [2.45, 2.75) is 25.7 Å². The highest BCUT2D eigenvalue weighted by Gasteiger charge is 2.19. The molecular weight excluding hydrogens is 264 g/mol. The molecular formula is C17H24N2O2. The van der Waals surface area contributed by atoms with Crippen LogP contribution in [0.1, 0.15) is 31.2 Å². The quantitative estimate of drug-likeness (QED) is 0.669. The van der Waals surface area contributed by atoms with E-state index in [2.05, 4.69) is 13.0 Å². The van der Waals surface area contributed by atoms with Gasteiger partial charge in [0.25, 0.3) is 0 Å². The number of nitrogen functional groups attached to an aromatic ring is 1. The Kier molecular flexibility index (Phi) is 5.39. The summed E-state index contributed by atoms with van der Waals surface area (Å²) in [4.78, 5) is 14.3. The predicted molar refractivity (Wildman–Crippen MR) is 85.0 cm³/mol. The number of ether oxygens (including phenoxy) is 1. The molecule has 0 bridgehead atoms. The van der Waals surface area contributed by atoms with Crippen LogP contribution in [0.4, 0.5) is 5.69 Å². The fourth-order valence-electron chi connectivity index (χ4n) is 2.59. The molecule has 0 radical (unpaired) electrons. The zero-order chi connectivity index (χ0) is 15.2. The van der Waals surface area contributed by atoms with E-state index in [1.807, 2.05) is 29.2 Å². The first-order valence-corrected chi connectivity index (χ1v) is 7.40. The Labute approximate surface area is 126 Å². The summed E-state index contributed by atoms with van der Waals surface area (Å²) >= 11 is 0. The van der Waals surface area contributed by atoms with Crippen LogP contribution in [0.5, 0.6) is 0 Å². The van der Waals surface area contributed by atoms with Crippen molar-refractivity contribution >= 4 is 11.6 Å². The Hall–Kier alpha value is -1.81. The largest absolute Gasteiger partial charge is 0.399 e. The highest BCUT2D eigenvalue weighted by molar-refractivity contribution is 5.77. The maximum Gasteiger partial charge on any atom is 0.223 e. The number of benzene rings is 1. The average molecular weight is 288 g/mol. The van der Waals surface area contributed by atoms with Crippen LogP contribution in [0.2, 0.25) is 0 Å². The van der Waals surface area contributed by atoms with E-state index < -0.39 is 0 Å². The summed E-state index contributed by atoms with van der Waals surface area (Å²) in [5, 5.41) is 0. The fourth-order valence-corrected chi connectivity index (χ4v) is 2.59. The minimum Gasteiger partial charge on any atom is -0.399 e. The summed E-state index contributed by atoms with van der Waals surface area (Å²) in [6, 6.07) is 7.77. The third-order valence-electron chi connectivity index (χ3n) is 3.97. The second-order valence-electron chi connectivity index (χ2n) is 5.66. The van der Waals surface area contributed by atoms with Crippen LogP contribution in [0, 0.1) is 0 Å². The molecule has 1 atom stereocenters. The molecule has 1 amide bonds. The smallest absolute Gasteiger partial charge is 0.223 e. The summed E-state index contributed by atoms with van der Waals surface area (Å²) in [6.45, 7) is 4.25. The molecule has 1 aromatic rings. The van der Waals surface area contributed by atoms with Crippen molar-refractivity contribution in [1.82, 2.24) is 4.90 Å². The monoisotopic (exact) mass is 288 g/mol. The molecule has 0 fully saturated rings. The van der Waals surface area contributed by atoms with Gasteiger partial charge in [0.15, 0.2) is 0 Å². The number of nitrogens with two attached hydrogens (primary N) is 1. The van der Waals surface area contributed by atoms with Crippen molar-refractivity contribution < 1.29 is 9.53 Å². The van der Waals surface area contributed by atoms with Gasteiger partial charge in [-0.2, -0.15) is 0 Å². The maximum atomic E-state index is 12.4. The highest BCUT2D eigenvalue weighted by Crippen LogP contribution is 2.22. The molecule has 1 aliphatic heterocycles. The number of nitrogens with zero attached hydrogens (tertiary/aromatic N) is 1. The molecule has 1 heterocycles. The third-order valence-corrected chi connectivity index (χ3v) is 3.97. The maximum absolute atomic E-state index is 12.4. The zero-order valence-electron chi connectivity index (χ0n) is 12.8. The number of rotatable bonds is 5. The topological polar surface area (TPSA) is 55.6 Å². The van der Waals surface area contributed by atoms with E-state index in [0.717, 1.165) is 24.2 Å². The van der Waals surface area contributed by atoms with Gasteiger partial charge in [0.2, 0.25) is 5.91 Å². The summed E-state index contributed by atoms with van der Waals surface area (Å²) in [7, 11) is 1.70. The van der Waals surface area contributed by atoms with Gasteiger partial charge in [-0.3, -0.25) is 4.79 Å². The van der Waals surface area contributed by atoms with Crippen molar-refractivity contribution in [2.24, 2.45) is 0 Å². The average Bonchev–Trinajstić information content (AvgIpc) is 2.49. The molecule has 21 heavy (non-hydrogen) atoms. The predicted octanol–water partition coefficient (Wildman–Crippen LogP) is 2.57. The Balaban J connectivity index is 1.88. The van der Waals surface area contributed by atoms with Crippen molar-refractivity contribution in [2.75, 3.05) is 32.5 Å². The molecule has 0 spiro atoms. The minimum atomic E-state index is 0.211. The molecule has 4 heteroatoms. The Morgan fingerprint density at radius 3 is 2.67 bits per heavy atom. The van der Waals surface area contributed by atoms with Crippen LogP contribution in [0.25, 0.3) is 0 Å². The molecule has 1 unspecified atom stereocenters. The molecule has 0 aromatic heterocycles. The second kappa shape index (κ2) is 7.27. The van der Waals surface area contributed by atoms with Gasteiger partial charge in [0.1, 0.15) is 0 Å². The fraction of sp³-hybridized carbons (Fsp3) is 0.471. The molecule has 0 saturated carbocycles. The van der Waals surface area contributed by atoms with Crippen LogP contribution in [-0.2, 0) is 9.53 Å². The van der Waals surface area contributed by atoms with Crippen molar-refractivity contribution in [1.29, 1.82) is 0 Å². The van der Waals surface area contributed by atoms with Gasteiger partial charge in [-0.25, -0.2) is 0 Å². The first-order valence-electron chi connectivity index (χ1n) is 7.40. The number of anilines is 1. The molecule has 114 valence electrons. The molecule has 2 rings (SSSR count). The van der Waals surface area contributed by atoms with Gasteiger partial charge in [-0.05, 0) is 35.6 Å². The number of carbonyl (C=O) groups is 1. The van der Waals surface area contributed by atoms with E-state index in [4.69, 9.17) is 10.5 Å². The standard InChI is InChI=1S/C17H24N2O2/c1-13(15-3-5-16(18)6-4-15)11-17(20)19-9-7-14(8-10-19)12-21-2/h3-7,13H,8-12,18H2,1-2H3. The van der Waals surface area contributed by atoms with E-state index in [1.165, 1.54) is 5.57 Å². The Morgan fingerprint density at radius 2 is 2.10 bits per heavy atom.